The maximum absolute atomic E-state index is 12.3. The van der Waals surface area contributed by atoms with Crippen molar-refractivity contribution < 1.29 is 19.1 Å². The lowest BCUT2D eigenvalue weighted by molar-refractivity contribution is -0.122. The number of carbonyl (C=O) groups excluding carboxylic acids is 2. The van der Waals surface area contributed by atoms with Gasteiger partial charge in [-0.05, 0) is 54.8 Å². The van der Waals surface area contributed by atoms with E-state index in [9.17, 15) is 9.59 Å². The molecule has 0 aromatic heterocycles. The minimum atomic E-state index is -0.650. The molecule has 0 aliphatic rings. The molecule has 2 amide bonds. The molecule has 6 heteroatoms. The molecule has 6 nitrogen and oxygen atoms in total. The van der Waals surface area contributed by atoms with Crippen molar-refractivity contribution in [2.24, 2.45) is 5.73 Å². The Hall–Kier alpha value is -3.02. The Bertz CT molecular complexity index is 757. The van der Waals surface area contributed by atoms with Crippen LogP contribution in [-0.2, 0) is 9.59 Å². The van der Waals surface area contributed by atoms with Gasteiger partial charge < -0.3 is 20.5 Å². The van der Waals surface area contributed by atoms with E-state index in [2.05, 4.69) is 19.2 Å². The van der Waals surface area contributed by atoms with Crippen molar-refractivity contribution in [3.05, 3.63) is 54.1 Å². The Kier molecular flexibility index (Phi) is 6.60. The van der Waals surface area contributed by atoms with E-state index in [1.807, 2.05) is 24.3 Å². The van der Waals surface area contributed by atoms with Crippen molar-refractivity contribution in [3.8, 4) is 11.5 Å². The fraction of sp³-hybridized carbons (Fsp3) is 0.300. The van der Waals surface area contributed by atoms with Gasteiger partial charge in [-0.1, -0.05) is 26.0 Å². The van der Waals surface area contributed by atoms with E-state index >= 15 is 0 Å². The van der Waals surface area contributed by atoms with Crippen LogP contribution in [0.5, 0.6) is 11.5 Å². The third kappa shape index (κ3) is 5.81. The highest BCUT2D eigenvalue weighted by Crippen LogP contribution is 2.21. The molecular formula is C20H24N2O4. The maximum Gasteiger partial charge on any atom is 0.265 e. The molecule has 0 saturated carbocycles. The standard InChI is InChI=1S/C20H24N2O4/c1-13(2)15-5-4-6-18(11-15)26-14(3)20(24)22-16-7-9-17(10-8-16)25-12-19(21)23/h4-11,13-14H,12H2,1-3H3,(H2,21,23)(H,22,24). The van der Waals surface area contributed by atoms with Crippen LogP contribution >= 0.6 is 0 Å². The minimum absolute atomic E-state index is 0.188. The number of primary amides is 1. The molecule has 0 saturated heterocycles. The zero-order valence-electron chi connectivity index (χ0n) is 15.2. The molecule has 3 N–H and O–H groups in total. The summed E-state index contributed by atoms with van der Waals surface area (Å²) in [4.78, 5) is 23.0. The zero-order valence-corrected chi connectivity index (χ0v) is 15.2. The molecular weight excluding hydrogens is 332 g/mol. The third-order valence-electron chi connectivity index (χ3n) is 3.71. The van der Waals surface area contributed by atoms with Crippen LogP contribution < -0.4 is 20.5 Å². The van der Waals surface area contributed by atoms with E-state index in [1.54, 1.807) is 31.2 Å². The van der Waals surface area contributed by atoms with Crippen molar-refractivity contribution in [2.75, 3.05) is 11.9 Å². The van der Waals surface area contributed by atoms with Gasteiger partial charge in [0.2, 0.25) is 0 Å². The Balaban J connectivity index is 1.92. The molecule has 0 aliphatic carbocycles. The van der Waals surface area contributed by atoms with Crippen LogP contribution in [0.25, 0.3) is 0 Å². The van der Waals surface area contributed by atoms with Crippen molar-refractivity contribution >= 4 is 17.5 Å². The lowest BCUT2D eigenvalue weighted by Gasteiger charge is -2.16. The lowest BCUT2D eigenvalue weighted by atomic mass is 10.0. The molecule has 2 aromatic carbocycles. The highest BCUT2D eigenvalue weighted by molar-refractivity contribution is 5.94. The van der Waals surface area contributed by atoms with Gasteiger partial charge in [0, 0.05) is 5.69 Å². The minimum Gasteiger partial charge on any atom is -0.484 e. The number of ether oxygens (including phenoxy) is 2. The van der Waals surface area contributed by atoms with Gasteiger partial charge in [0.25, 0.3) is 11.8 Å². The number of hydrogen-bond donors (Lipinski definition) is 2. The Morgan fingerprint density at radius 2 is 1.73 bits per heavy atom. The average Bonchev–Trinajstić information content (AvgIpc) is 2.61. The van der Waals surface area contributed by atoms with Gasteiger partial charge >= 0.3 is 0 Å². The molecule has 0 fully saturated rings. The molecule has 0 radical (unpaired) electrons. The van der Waals surface area contributed by atoms with E-state index in [0.717, 1.165) is 5.56 Å². The molecule has 0 bridgehead atoms. The SMILES string of the molecule is CC(Oc1cccc(C(C)C)c1)C(=O)Nc1ccc(OCC(N)=O)cc1. The Morgan fingerprint density at radius 1 is 1.04 bits per heavy atom. The van der Waals surface area contributed by atoms with Gasteiger partial charge in [-0.3, -0.25) is 9.59 Å². The lowest BCUT2D eigenvalue weighted by Crippen LogP contribution is -2.30. The Morgan fingerprint density at radius 3 is 2.35 bits per heavy atom. The number of carbonyl (C=O) groups is 2. The number of nitrogens with one attached hydrogen (secondary N) is 1. The van der Waals surface area contributed by atoms with E-state index in [0.29, 0.717) is 23.1 Å². The predicted molar refractivity (Wildman–Crippen MR) is 100 cm³/mol. The van der Waals surface area contributed by atoms with Crippen LogP contribution in [0.15, 0.2) is 48.5 Å². The first-order chi connectivity index (χ1) is 12.3. The third-order valence-corrected chi connectivity index (χ3v) is 3.71. The summed E-state index contributed by atoms with van der Waals surface area (Å²) in [5.74, 6) is 0.740. The van der Waals surface area contributed by atoms with Crippen molar-refractivity contribution in [1.82, 2.24) is 0 Å². The largest absolute Gasteiger partial charge is 0.484 e. The van der Waals surface area contributed by atoms with Crippen LogP contribution in [0.2, 0.25) is 0 Å². The summed E-state index contributed by atoms with van der Waals surface area (Å²) in [6, 6.07) is 14.4. The monoisotopic (exact) mass is 356 g/mol. The predicted octanol–water partition coefficient (Wildman–Crippen LogP) is 3.08. The van der Waals surface area contributed by atoms with Crippen LogP contribution in [-0.4, -0.2) is 24.5 Å². The van der Waals surface area contributed by atoms with Gasteiger partial charge in [-0.15, -0.1) is 0 Å². The normalized spacial score (nSPS) is 11.7. The first-order valence-corrected chi connectivity index (χ1v) is 8.44. The topological polar surface area (TPSA) is 90.7 Å². The number of anilines is 1. The highest BCUT2D eigenvalue weighted by Gasteiger charge is 2.15. The van der Waals surface area contributed by atoms with Gasteiger partial charge in [-0.25, -0.2) is 0 Å². The molecule has 138 valence electrons. The molecule has 0 spiro atoms. The summed E-state index contributed by atoms with van der Waals surface area (Å²) in [6.45, 7) is 5.71. The maximum atomic E-state index is 12.3. The summed E-state index contributed by atoms with van der Waals surface area (Å²) in [7, 11) is 0. The second-order valence-electron chi connectivity index (χ2n) is 6.26. The summed E-state index contributed by atoms with van der Waals surface area (Å²) in [6.07, 6.45) is -0.650. The summed E-state index contributed by atoms with van der Waals surface area (Å²) >= 11 is 0. The molecule has 2 aromatic rings. The quantitative estimate of drug-likeness (QED) is 0.760. The number of hydrogen-bond acceptors (Lipinski definition) is 4. The second kappa shape index (κ2) is 8.89. The van der Waals surface area contributed by atoms with Crippen LogP contribution in [0.1, 0.15) is 32.3 Å². The van der Waals surface area contributed by atoms with E-state index < -0.39 is 12.0 Å². The fourth-order valence-electron chi connectivity index (χ4n) is 2.24. The van der Waals surface area contributed by atoms with E-state index in [4.69, 9.17) is 15.2 Å². The molecule has 0 heterocycles. The molecule has 26 heavy (non-hydrogen) atoms. The van der Waals surface area contributed by atoms with E-state index in [1.165, 1.54) is 0 Å². The van der Waals surface area contributed by atoms with Gasteiger partial charge in [0.15, 0.2) is 12.7 Å². The molecule has 2 rings (SSSR count). The molecule has 1 unspecified atom stereocenters. The van der Waals surface area contributed by atoms with Crippen molar-refractivity contribution in [1.29, 1.82) is 0 Å². The molecule has 0 aliphatic heterocycles. The Labute approximate surface area is 153 Å². The van der Waals surface area contributed by atoms with Gasteiger partial charge in [0.05, 0.1) is 0 Å². The number of amides is 2. The zero-order chi connectivity index (χ0) is 19.1. The highest BCUT2D eigenvalue weighted by atomic mass is 16.5. The van der Waals surface area contributed by atoms with E-state index in [-0.39, 0.29) is 12.5 Å². The van der Waals surface area contributed by atoms with Gasteiger partial charge in [-0.2, -0.15) is 0 Å². The number of benzene rings is 2. The number of rotatable bonds is 8. The molecule has 1 atom stereocenters. The summed E-state index contributed by atoms with van der Waals surface area (Å²) in [5, 5.41) is 2.78. The first kappa shape index (κ1) is 19.3. The summed E-state index contributed by atoms with van der Waals surface area (Å²) < 4.78 is 10.9. The van der Waals surface area contributed by atoms with Crippen LogP contribution in [0.4, 0.5) is 5.69 Å². The number of nitrogens with two attached hydrogens (primary N) is 1. The fourth-order valence-corrected chi connectivity index (χ4v) is 2.24. The second-order valence-corrected chi connectivity index (χ2v) is 6.26. The van der Waals surface area contributed by atoms with Crippen molar-refractivity contribution in [3.63, 3.8) is 0 Å². The van der Waals surface area contributed by atoms with Crippen LogP contribution in [0.3, 0.4) is 0 Å². The van der Waals surface area contributed by atoms with Gasteiger partial charge in [0.1, 0.15) is 11.5 Å². The average molecular weight is 356 g/mol. The first-order valence-electron chi connectivity index (χ1n) is 8.44. The smallest absolute Gasteiger partial charge is 0.265 e. The van der Waals surface area contributed by atoms with Crippen molar-refractivity contribution in [2.45, 2.75) is 32.8 Å². The summed E-state index contributed by atoms with van der Waals surface area (Å²) in [5.41, 5.74) is 6.78. The van der Waals surface area contributed by atoms with Crippen LogP contribution in [0, 0.1) is 0 Å².